The lowest BCUT2D eigenvalue weighted by Crippen LogP contribution is -2.15. The summed E-state index contributed by atoms with van der Waals surface area (Å²) in [5.74, 6) is 0.122. The smallest absolute Gasteiger partial charge is 0.261 e. The molecule has 2 heterocycles. The summed E-state index contributed by atoms with van der Waals surface area (Å²) >= 11 is 7.32. The molecule has 0 aromatic carbocycles. The SMILES string of the molecule is CSc1ncc(C(=O)Nc2ncccc2C)c(Cl)n1. The number of thioether (sulfide) groups is 1. The van der Waals surface area contributed by atoms with E-state index in [1.165, 1.54) is 18.0 Å². The van der Waals surface area contributed by atoms with Crippen LogP contribution in [0.4, 0.5) is 5.82 Å². The first-order valence-electron chi connectivity index (χ1n) is 5.41. The fraction of sp³-hybridized carbons (Fsp3) is 0.167. The number of aromatic nitrogens is 3. The van der Waals surface area contributed by atoms with Crippen molar-refractivity contribution in [2.24, 2.45) is 0 Å². The number of carbonyl (C=O) groups excluding carboxylic acids is 1. The van der Waals surface area contributed by atoms with Crippen LogP contribution in [-0.4, -0.2) is 27.1 Å². The number of halogens is 1. The van der Waals surface area contributed by atoms with Gasteiger partial charge in [0.1, 0.15) is 11.0 Å². The molecule has 0 bridgehead atoms. The normalized spacial score (nSPS) is 10.3. The van der Waals surface area contributed by atoms with E-state index in [2.05, 4.69) is 20.3 Å². The van der Waals surface area contributed by atoms with Crippen molar-refractivity contribution in [3.63, 3.8) is 0 Å². The van der Waals surface area contributed by atoms with Gasteiger partial charge in [-0.2, -0.15) is 0 Å². The van der Waals surface area contributed by atoms with Gasteiger partial charge in [0.25, 0.3) is 5.91 Å². The summed E-state index contributed by atoms with van der Waals surface area (Å²) in [5.41, 5.74) is 1.10. The van der Waals surface area contributed by atoms with E-state index >= 15 is 0 Å². The summed E-state index contributed by atoms with van der Waals surface area (Å²) in [7, 11) is 0. The highest BCUT2D eigenvalue weighted by Crippen LogP contribution is 2.18. The third kappa shape index (κ3) is 3.21. The molecule has 98 valence electrons. The molecule has 0 aliphatic rings. The molecule has 0 aliphatic heterocycles. The summed E-state index contributed by atoms with van der Waals surface area (Å²) in [6, 6.07) is 3.66. The molecule has 1 amide bonds. The lowest BCUT2D eigenvalue weighted by atomic mass is 10.2. The van der Waals surface area contributed by atoms with Crippen LogP contribution in [0.25, 0.3) is 0 Å². The fourth-order valence-corrected chi connectivity index (χ4v) is 1.99. The van der Waals surface area contributed by atoms with Gasteiger partial charge in [0.15, 0.2) is 5.16 Å². The van der Waals surface area contributed by atoms with E-state index in [1.807, 2.05) is 19.2 Å². The minimum atomic E-state index is -0.376. The molecule has 0 saturated carbocycles. The van der Waals surface area contributed by atoms with Gasteiger partial charge >= 0.3 is 0 Å². The maximum Gasteiger partial charge on any atom is 0.261 e. The van der Waals surface area contributed by atoms with E-state index in [4.69, 9.17) is 11.6 Å². The van der Waals surface area contributed by atoms with Gasteiger partial charge in [-0.25, -0.2) is 15.0 Å². The van der Waals surface area contributed by atoms with E-state index < -0.39 is 0 Å². The van der Waals surface area contributed by atoms with Gasteiger partial charge in [0, 0.05) is 12.4 Å². The summed E-state index contributed by atoms with van der Waals surface area (Å²) in [6.07, 6.45) is 4.86. The average molecular weight is 295 g/mol. The minimum Gasteiger partial charge on any atom is -0.306 e. The van der Waals surface area contributed by atoms with Crippen molar-refractivity contribution in [3.05, 3.63) is 40.8 Å². The molecular formula is C12H11ClN4OS. The Morgan fingerprint density at radius 1 is 1.42 bits per heavy atom. The molecule has 0 fully saturated rings. The molecule has 2 aromatic heterocycles. The fourth-order valence-electron chi connectivity index (χ4n) is 1.39. The number of amides is 1. The quantitative estimate of drug-likeness (QED) is 0.535. The number of pyridine rings is 1. The third-order valence-electron chi connectivity index (χ3n) is 2.39. The lowest BCUT2D eigenvalue weighted by Gasteiger charge is -2.07. The van der Waals surface area contributed by atoms with Crippen LogP contribution in [0, 0.1) is 6.92 Å². The second kappa shape index (κ2) is 5.99. The number of nitrogens with one attached hydrogen (secondary N) is 1. The van der Waals surface area contributed by atoms with Crippen LogP contribution in [0.1, 0.15) is 15.9 Å². The molecule has 5 nitrogen and oxygen atoms in total. The highest BCUT2D eigenvalue weighted by Gasteiger charge is 2.14. The Morgan fingerprint density at radius 2 is 2.21 bits per heavy atom. The van der Waals surface area contributed by atoms with Crippen LogP contribution < -0.4 is 5.32 Å². The highest BCUT2D eigenvalue weighted by molar-refractivity contribution is 7.98. The monoisotopic (exact) mass is 294 g/mol. The molecule has 0 atom stereocenters. The molecular weight excluding hydrogens is 284 g/mol. The first-order chi connectivity index (χ1) is 9.11. The zero-order valence-corrected chi connectivity index (χ0v) is 11.9. The van der Waals surface area contributed by atoms with Gasteiger partial charge < -0.3 is 5.32 Å². The van der Waals surface area contributed by atoms with Crippen molar-refractivity contribution in [1.82, 2.24) is 15.0 Å². The van der Waals surface area contributed by atoms with E-state index in [1.54, 1.807) is 12.3 Å². The van der Waals surface area contributed by atoms with Crippen LogP contribution >= 0.6 is 23.4 Å². The Bertz CT molecular complexity index is 620. The van der Waals surface area contributed by atoms with Gasteiger partial charge in [-0.15, -0.1) is 0 Å². The van der Waals surface area contributed by atoms with Crippen LogP contribution in [0.15, 0.2) is 29.7 Å². The van der Waals surface area contributed by atoms with Crippen LogP contribution in [0.5, 0.6) is 0 Å². The minimum absolute atomic E-state index is 0.130. The molecule has 0 saturated heterocycles. The topological polar surface area (TPSA) is 67.8 Å². The lowest BCUT2D eigenvalue weighted by molar-refractivity contribution is 0.102. The Labute approximate surface area is 119 Å². The van der Waals surface area contributed by atoms with Crippen molar-refractivity contribution < 1.29 is 4.79 Å². The van der Waals surface area contributed by atoms with Crippen molar-refractivity contribution in [2.75, 3.05) is 11.6 Å². The zero-order chi connectivity index (χ0) is 13.8. The van der Waals surface area contributed by atoms with Crippen molar-refractivity contribution >= 4 is 35.1 Å². The van der Waals surface area contributed by atoms with Gasteiger partial charge in [0.05, 0.1) is 5.56 Å². The first kappa shape index (κ1) is 13.8. The zero-order valence-electron chi connectivity index (χ0n) is 10.3. The molecule has 7 heteroatoms. The second-order valence-electron chi connectivity index (χ2n) is 3.68. The number of carbonyl (C=O) groups is 1. The van der Waals surface area contributed by atoms with Crippen LogP contribution in [0.3, 0.4) is 0 Å². The van der Waals surface area contributed by atoms with E-state index in [0.717, 1.165) is 5.56 Å². The molecule has 0 aliphatic carbocycles. The maximum atomic E-state index is 12.1. The summed E-state index contributed by atoms with van der Waals surface area (Å²) in [5, 5.41) is 3.34. The van der Waals surface area contributed by atoms with Gasteiger partial charge in [-0.05, 0) is 24.8 Å². The van der Waals surface area contributed by atoms with Crippen molar-refractivity contribution in [2.45, 2.75) is 12.1 Å². The maximum absolute atomic E-state index is 12.1. The van der Waals surface area contributed by atoms with E-state index in [0.29, 0.717) is 11.0 Å². The molecule has 0 spiro atoms. The molecule has 2 rings (SSSR count). The number of aryl methyl sites for hydroxylation is 1. The predicted octanol–water partition coefficient (Wildman–Crippen LogP) is 2.81. The number of anilines is 1. The Morgan fingerprint density at radius 3 is 2.84 bits per heavy atom. The summed E-state index contributed by atoms with van der Waals surface area (Å²) in [6.45, 7) is 1.86. The molecule has 0 unspecified atom stereocenters. The molecule has 0 radical (unpaired) electrons. The second-order valence-corrected chi connectivity index (χ2v) is 4.82. The Kier molecular flexibility index (Phi) is 4.34. The number of hydrogen-bond acceptors (Lipinski definition) is 5. The van der Waals surface area contributed by atoms with Crippen LogP contribution in [-0.2, 0) is 0 Å². The number of nitrogens with zero attached hydrogens (tertiary/aromatic N) is 3. The summed E-state index contributed by atoms with van der Waals surface area (Å²) in [4.78, 5) is 24.2. The molecule has 1 N–H and O–H groups in total. The van der Waals surface area contributed by atoms with E-state index in [-0.39, 0.29) is 16.6 Å². The van der Waals surface area contributed by atoms with Gasteiger partial charge in [-0.3, -0.25) is 4.79 Å². The Balaban J connectivity index is 2.23. The van der Waals surface area contributed by atoms with Gasteiger partial charge in [0.2, 0.25) is 0 Å². The number of rotatable bonds is 3. The number of hydrogen-bond donors (Lipinski definition) is 1. The first-order valence-corrected chi connectivity index (χ1v) is 7.01. The van der Waals surface area contributed by atoms with Crippen molar-refractivity contribution in [1.29, 1.82) is 0 Å². The van der Waals surface area contributed by atoms with Crippen molar-refractivity contribution in [3.8, 4) is 0 Å². The Hall–Kier alpha value is -1.66. The largest absolute Gasteiger partial charge is 0.306 e. The molecule has 2 aromatic rings. The summed E-state index contributed by atoms with van der Waals surface area (Å²) < 4.78 is 0. The third-order valence-corrected chi connectivity index (χ3v) is 3.24. The highest BCUT2D eigenvalue weighted by atomic mass is 35.5. The predicted molar refractivity (Wildman–Crippen MR) is 75.8 cm³/mol. The molecule has 19 heavy (non-hydrogen) atoms. The standard InChI is InChI=1S/C12H11ClN4OS/c1-7-4-3-5-14-10(7)17-11(18)8-6-15-12(19-2)16-9(8)13/h3-6H,1-2H3,(H,14,17,18). The van der Waals surface area contributed by atoms with Crippen LogP contribution in [0.2, 0.25) is 5.15 Å². The van der Waals surface area contributed by atoms with E-state index in [9.17, 15) is 4.79 Å². The van der Waals surface area contributed by atoms with Gasteiger partial charge in [-0.1, -0.05) is 29.4 Å². The average Bonchev–Trinajstić information content (AvgIpc) is 2.41.